The maximum Gasteiger partial charge on any atom is 0.305 e. The predicted octanol–water partition coefficient (Wildman–Crippen LogP) is 1.81. The van der Waals surface area contributed by atoms with Gasteiger partial charge in [-0.25, -0.2) is 0 Å². The molecule has 0 radical (unpaired) electrons. The van der Waals surface area contributed by atoms with Gasteiger partial charge >= 0.3 is 5.97 Å². The number of hydrogen-bond donors (Lipinski definition) is 3. The van der Waals surface area contributed by atoms with Crippen LogP contribution in [0.1, 0.15) is 37.6 Å². The third-order valence-electron chi connectivity index (χ3n) is 2.85. The lowest BCUT2D eigenvalue weighted by molar-refractivity contribution is -0.137. The topological polar surface area (TPSA) is 98.1 Å². The number of para-hydroxylation sites is 1. The number of aliphatic carboxylic acids is 1. The van der Waals surface area contributed by atoms with Crippen LogP contribution in [-0.4, -0.2) is 44.2 Å². The van der Waals surface area contributed by atoms with Crippen molar-refractivity contribution in [3.63, 3.8) is 0 Å². The molecule has 0 aliphatic rings. The Morgan fingerprint density at radius 3 is 2.30 bits per heavy atom. The van der Waals surface area contributed by atoms with Crippen LogP contribution < -0.4 is 0 Å². The maximum absolute atomic E-state index is 12.4. The molecule has 0 aliphatic heterocycles. The molecule has 0 spiro atoms. The zero-order valence-corrected chi connectivity index (χ0v) is 11.8. The van der Waals surface area contributed by atoms with E-state index in [1.165, 1.54) is 23.1 Å². The minimum Gasteiger partial charge on any atom is -0.504 e. The van der Waals surface area contributed by atoms with Crippen LogP contribution in [0.3, 0.4) is 0 Å². The Morgan fingerprint density at radius 1 is 1.20 bits per heavy atom. The summed E-state index contributed by atoms with van der Waals surface area (Å²) in [4.78, 5) is 24.5. The van der Waals surface area contributed by atoms with Crippen LogP contribution in [0, 0.1) is 0 Å². The summed E-state index contributed by atoms with van der Waals surface area (Å²) >= 11 is 0. The van der Waals surface area contributed by atoms with Crippen molar-refractivity contribution in [2.75, 3.05) is 6.54 Å². The molecule has 0 fully saturated rings. The number of carbonyl (C=O) groups is 2. The SMILES string of the molecule is CC(C)(C)N(CCC(=O)O)C(=O)c1cccc(O)c1O. The van der Waals surface area contributed by atoms with Crippen molar-refractivity contribution >= 4 is 11.9 Å². The van der Waals surface area contributed by atoms with Gasteiger partial charge in [-0.3, -0.25) is 9.59 Å². The number of carboxylic acids is 1. The quantitative estimate of drug-likeness (QED) is 0.731. The van der Waals surface area contributed by atoms with Gasteiger partial charge in [0.15, 0.2) is 11.5 Å². The average Bonchev–Trinajstić information content (AvgIpc) is 2.30. The standard InChI is InChI=1S/C14H19NO5/c1-14(2,3)15(8-7-11(17)18)13(20)9-5-4-6-10(16)12(9)19/h4-6,16,19H,7-8H2,1-3H3,(H,17,18). The number of rotatable bonds is 4. The summed E-state index contributed by atoms with van der Waals surface area (Å²) in [6.45, 7) is 5.33. The number of aromatic hydroxyl groups is 2. The third kappa shape index (κ3) is 3.63. The first-order valence-corrected chi connectivity index (χ1v) is 6.19. The molecule has 0 heterocycles. The van der Waals surface area contributed by atoms with Crippen LogP contribution in [0.2, 0.25) is 0 Å². The lowest BCUT2D eigenvalue weighted by Gasteiger charge is -2.35. The fraction of sp³-hybridized carbons (Fsp3) is 0.429. The smallest absolute Gasteiger partial charge is 0.305 e. The molecular formula is C14H19NO5. The molecule has 6 nitrogen and oxygen atoms in total. The minimum absolute atomic E-state index is 0.0206. The van der Waals surface area contributed by atoms with E-state index in [1.54, 1.807) is 20.8 Å². The predicted molar refractivity (Wildman–Crippen MR) is 72.8 cm³/mol. The highest BCUT2D eigenvalue weighted by molar-refractivity contribution is 5.98. The molecule has 0 unspecified atom stereocenters. The largest absolute Gasteiger partial charge is 0.504 e. The van der Waals surface area contributed by atoms with Gasteiger partial charge in [0.2, 0.25) is 0 Å². The van der Waals surface area contributed by atoms with Gasteiger partial charge in [-0.1, -0.05) is 6.07 Å². The Bertz CT molecular complexity index is 519. The summed E-state index contributed by atoms with van der Waals surface area (Å²) in [7, 11) is 0. The van der Waals surface area contributed by atoms with E-state index in [9.17, 15) is 19.8 Å². The van der Waals surface area contributed by atoms with Crippen molar-refractivity contribution in [3.05, 3.63) is 23.8 Å². The zero-order valence-electron chi connectivity index (χ0n) is 11.8. The van der Waals surface area contributed by atoms with E-state index in [4.69, 9.17) is 5.11 Å². The Labute approximate surface area is 117 Å². The molecule has 1 aromatic carbocycles. The maximum atomic E-state index is 12.4. The van der Waals surface area contributed by atoms with Crippen molar-refractivity contribution < 1.29 is 24.9 Å². The van der Waals surface area contributed by atoms with E-state index in [0.29, 0.717) is 0 Å². The summed E-state index contributed by atoms with van der Waals surface area (Å²) in [5.41, 5.74) is -0.657. The van der Waals surface area contributed by atoms with E-state index in [2.05, 4.69) is 0 Å². The number of phenolic OH excluding ortho intramolecular Hbond substituents is 2. The zero-order chi connectivity index (χ0) is 15.5. The average molecular weight is 281 g/mol. The van der Waals surface area contributed by atoms with Gasteiger partial charge < -0.3 is 20.2 Å². The Kier molecular flexibility index (Phi) is 4.60. The van der Waals surface area contributed by atoms with E-state index >= 15 is 0 Å². The normalized spacial score (nSPS) is 11.2. The molecule has 0 aliphatic carbocycles. The highest BCUT2D eigenvalue weighted by Crippen LogP contribution is 2.30. The summed E-state index contributed by atoms with van der Waals surface area (Å²) in [6.07, 6.45) is -0.192. The fourth-order valence-electron chi connectivity index (χ4n) is 1.80. The Morgan fingerprint density at radius 2 is 1.80 bits per heavy atom. The third-order valence-corrected chi connectivity index (χ3v) is 2.85. The molecule has 0 atom stereocenters. The lowest BCUT2D eigenvalue weighted by Crippen LogP contribution is -2.46. The van der Waals surface area contributed by atoms with Gasteiger partial charge in [-0.15, -0.1) is 0 Å². The number of amides is 1. The minimum atomic E-state index is -1.01. The molecule has 0 saturated heterocycles. The second-order valence-electron chi connectivity index (χ2n) is 5.44. The second-order valence-corrected chi connectivity index (χ2v) is 5.44. The number of phenols is 2. The van der Waals surface area contributed by atoms with Crippen molar-refractivity contribution in [1.29, 1.82) is 0 Å². The van der Waals surface area contributed by atoms with E-state index < -0.39 is 23.2 Å². The van der Waals surface area contributed by atoms with E-state index in [1.807, 2.05) is 0 Å². The fourth-order valence-corrected chi connectivity index (χ4v) is 1.80. The Hall–Kier alpha value is -2.24. The van der Waals surface area contributed by atoms with Gasteiger partial charge in [0.05, 0.1) is 12.0 Å². The highest BCUT2D eigenvalue weighted by atomic mass is 16.4. The van der Waals surface area contributed by atoms with Crippen LogP contribution in [0.25, 0.3) is 0 Å². The van der Waals surface area contributed by atoms with Crippen LogP contribution in [-0.2, 0) is 4.79 Å². The molecule has 1 amide bonds. The summed E-state index contributed by atoms with van der Waals surface area (Å²) in [5, 5.41) is 27.9. The lowest BCUT2D eigenvalue weighted by atomic mass is 10.0. The van der Waals surface area contributed by atoms with Crippen molar-refractivity contribution in [2.45, 2.75) is 32.7 Å². The molecule has 6 heteroatoms. The number of carbonyl (C=O) groups excluding carboxylic acids is 1. The molecule has 1 aromatic rings. The summed E-state index contributed by atoms with van der Waals surface area (Å²) < 4.78 is 0. The summed E-state index contributed by atoms with van der Waals surface area (Å²) in [6, 6.07) is 4.10. The monoisotopic (exact) mass is 281 g/mol. The molecule has 0 saturated carbocycles. The van der Waals surface area contributed by atoms with Gasteiger partial charge in [0, 0.05) is 12.1 Å². The Balaban J connectivity index is 3.10. The second kappa shape index (κ2) is 5.81. The molecule has 3 N–H and O–H groups in total. The van der Waals surface area contributed by atoms with Gasteiger partial charge in [-0.2, -0.15) is 0 Å². The number of carboxylic acid groups (broad SMARTS) is 1. The van der Waals surface area contributed by atoms with Crippen LogP contribution >= 0.6 is 0 Å². The molecule has 110 valence electrons. The van der Waals surface area contributed by atoms with Gasteiger partial charge in [0.1, 0.15) is 0 Å². The first kappa shape index (κ1) is 15.8. The van der Waals surface area contributed by atoms with Crippen LogP contribution in [0.5, 0.6) is 11.5 Å². The highest BCUT2D eigenvalue weighted by Gasteiger charge is 2.29. The van der Waals surface area contributed by atoms with Crippen molar-refractivity contribution in [1.82, 2.24) is 4.90 Å². The number of nitrogens with zero attached hydrogens (tertiary/aromatic N) is 1. The van der Waals surface area contributed by atoms with Crippen molar-refractivity contribution in [2.24, 2.45) is 0 Å². The molecule has 0 bridgehead atoms. The molecule has 1 rings (SSSR count). The van der Waals surface area contributed by atoms with Gasteiger partial charge in [0.25, 0.3) is 5.91 Å². The molecule has 20 heavy (non-hydrogen) atoms. The first-order valence-electron chi connectivity index (χ1n) is 6.19. The number of benzene rings is 1. The molecule has 0 aromatic heterocycles. The van der Waals surface area contributed by atoms with Crippen LogP contribution in [0.15, 0.2) is 18.2 Å². The van der Waals surface area contributed by atoms with Crippen molar-refractivity contribution in [3.8, 4) is 11.5 Å². The van der Waals surface area contributed by atoms with Crippen LogP contribution in [0.4, 0.5) is 0 Å². The van der Waals surface area contributed by atoms with E-state index in [0.717, 1.165) is 0 Å². The first-order chi connectivity index (χ1) is 9.14. The summed E-state index contributed by atoms with van der Waals surface area (Å²) in [5.74, 6) is -2.41. The van der Waals surface area contributed by atoms with Gasteiger partial charge in [-0.05, 0) is 32.9 Å². The number of hydrogen-bond acceptors (Lipinski definition) is 4. The molecular weight excluding hydrogens is 262 g/mol. The van der Waals surface area contributed by atoms with E-state index in [-0.39, 0.29) is 24.3 Å².